The van der Waals surface area contributed by atoms with E-state index in [-0.39, 0.29) is 11.9 Å². The summed E-state index contributed by atoms with van der Waals surface area (Å²) in [6.07, 6.45) is 2.37. The second-order valence-electron chi connectivity index (χ2n) is 5.71. The summed E-state index contributed by atoms with van der Waals surface area (Å²) in [6.45, 7) is 1.50. The van der Waals surface area contributed by atoms with Crippen LogP contribution in [0.4, 0.5) is 5.69 Å². The van der Waals surface area contributed by atoms with Crippen LogP contribution in [0.25, 0.3) is 0 Å². The van der Waals surface area contributed by atoms with Crippen LogP contribution >= 0.6 is 12.2 Å². The first-order chi connectivity index (χ1) is 11.7. The lowest BCUT2D eigenvalue weighted by Gasteiger charge is -2.15. The van der Waals surface area contributed by atoms with Crippen molar-refractivity contribution in [2.45, 2.75) is 18.9 Å². The topological polar surface area (TPSA) is 50.4 Å². The monoisotopic (exact) mass is 340 g/mol. The van der Waals surface area contributed by atoms with Gasteiger partial charge in [0.05, 0.1) is 11.8 Å². The van der Waals surface area contributed by atoms with Crippen molar-refractivity contribution in [3.63, 3.8) is 0 Å². The maximum atomic E-state index is 12.7. The Balaban J connectivity index is 1.67. The number of carbonyl (C=O) groups excluding carboxylic acids is 1. The largest absolute Gasteiger partial charge is 0.376 e. The van der Waals surface area contributed by atoms with E-state index < -0.39 is 0 Å². The molecule has 2 aromatic rings. The van der Waals surface area contributed by atoms with Gasteiger partial charge >= 0.3 is 0 Å². The van der Waals surface area contributed by atoms with Crippen molar-refractivity contribution < 1.29 is 9.53 Å². The zero-order valence-corrected chi connectivity index (χ0v) is 14.1. The number of rotatable bonds is 5. The molecule has 24 heavy (non-hydrogen) atoms. The van der Waals surface area contributed by atoms with Crippen LogP contribution in [-0.4, -0.2) is 30.2 Å². The maximum absolute atomic E-state index is 12.7. The molecule has 3 rings (SSSR count). The molecule has 0 amide bonds. The van der Waals surface area contributed by atoms with E-state index in [2.05, 4.69) is 10.6 Å². The van der Waals surface area contributed by atoms with E-state index in [4.69, 9.17) is 17.0 Å². The van der Waals surface area contributed by atoms with Gasteiger partial charge in [0, 0.05) is 24.3 Å². The summed E-state index contributed by atoms with van der Waals surface area (Å²) in [6, 6.07) is 16.6. The Kier molecular flexibility index (Phi) is 5.56. The second kappa shape index (κ2) is 8.04. The number of thiocarbonyl (C=S) groups is 1. The molecular formula is C19H20N2O2S. The number of hydrogen-bond acceptors (Lipinski definition) is 3. The molecule has 4 nitrogen and oxygen atoms in total. The van der Waals surface area contributed by atoms with Gasteiger partial charge in [0.25, 0.3) is 0 Å². The molecule has 1 heterocycles. The summed E-state index contributed by atoms with van der Waals surface area (Å²) in [5.74, 6) is -0.0272. The molecule has 0 bridgehead atoms. The van der Waals surface area contributed by atoms with Crippen LogP contribution in [0.2, 0.25) is 0 Å². The number of anilines is 1. The minimum absolute atomic E-state index is 0.0272. The molecule has 1 saturated heterocycles. The van der Waals surface area contributed by atoms with Gasteiger partial charge in [-0.1, -0.05) is 42.5 Å². The third-order valence-corrected chi connectivity index (χ3v) is 4.22. The Bertz CT molecular complexity index is 712. The molecule has 1 atom stereocenters. The maximum Gasteiger partial charge on any atom is 0.195 e. The third kappa shape index (κ3) is 4.19. The molecule has 124 valence electrons. The van der Waals surface area contributed by atoms with Crippen LogP contribution < -0.4 is 10.6 Å². The minimum Gasteiger partial charge on any atom is -0.376 e. The van der Waals surface area contributed by atoms with Crippen LogP contribution in [0.5, 0.6) is 0 Å². The molecule has 0 aliphatic carbocycles. The first-order valence-corrected chi connectivity index (χ1v) is 8.50. The van der Waals surface area contributed by atoms with Crippen LogP contribution in [0.3, 0.4) is 0 Å². The smallest absolute Gasteiger partial charge is 0.195 e. The van der Waals surface area contributed by atoms with Crippen LogP contribution in [0, 0.1) is 0 Å². The van der Waals surface area contributed by atoms with E-state index in [0.717, 1.165) is 19.4 Å². The Labute approximate surface area is 147 Å². The highest BCUT2D eigenvalue weighted by Crippen LogP contribution is 2.19. The molecule has 2 aromatic carbocycles. The third-order valence-electron chi connectivity index (χ3n) is 3.97. The van der Waals surface area contributed by atoms with Gasteiger partial charge in [-0.25, -0.2) is 0 Å². The summed E-state index contributed by atoms with van der Waals surface area (Å²) in [5.41, 5.74) is 1.96. The highest BCUT2D eigenvalue weighted by Gasteiger charge is 2.16. The zero-order valence-electron chi connectivity index (χ0n) is 13.3. The number of para-hydroxylation sites is 1. The van der Waals surface area contributed by atoms with Crippen molar-refractivity contribution in [3.05, 3.63) is 65.7 Å². The molecule has 1 fully saturated rings. The van der Waals surface area contributed by atoms with Crippen LogP contribution in [0.1, 0.15) is 28.8 Å². The Morgan fingerprint density at radius 2 is 1.88 bits per heavy atom. The fraction of sp³-hybridized carbons (Fsp3) is 0.263. The van der Waals surface area contributed by atoms with Crippen molar-refractivity contribution in [1.29, 1.82) is 0 Å². The summed E-state index contributed by atoms with van der Waals surface area (Å²) in [5, 5.41) is 6.79. The average Bonchev–Trinajstić information content (AvgIpc) is 3.14. The molecule has 1 aliphatic rings. The van der Waals surface area contributed by atoms with Gasteiger partial charge in [-0.15, -0.1) is 0 Å². The van der Waals surface area contributed by atoms with Gasteiger partial charge < -0.3 is 15.4 Å². The van der Waals surface area contributed by atoms with Gasteiger partial charge in [0.1, 0.15) is 0 Å². The summed E-state index contributed by atoms with van der Waals surface area (Å²) in [7, 11) is 0. The first-order valence-electron chi connectivity index (χ1n) is 8.09. The summed E-state index contributed by atoms with van der Waals surface area (Å²) in [4.78, 5) is 12.7. The lowest BCUT2D eigenvalue weighted by molar-refractivity contribution is 0.103. The van der Waals surface area contributed by atoms with E-state index in [1.165, 1.54) is 0 Å². The standard InChI is InChI=1S/C19H20N2O2S/c22-18(14-7-2-1-3-8-14)16-10-4-5-11-17(16)21-19(24)20-13-15-9-6-12-23-15/h1-5,7-8,10-11,15H,6,9,12-13H2,(H2,20,21,24). The molecule has 0 radical (unpaired) electrons. The number of benzene rings is 2. The number of ether oxygens (including phenoxy) is 1. The highest BCUT2D eigenvalue weighted by atomic mass is 32.1. The van der Waals surface area contributed by atoms with E-state index in [1.54, 1.807) is 6.07 Å². The van der Waals surface area contributed by atoms with Crippen molar-refractivity contribution >= 4 is 28.8 Å². The molecule has 0 spiro atoms. The van der Waals surface area contributed by atoms with Crippen LogP contribution in [0.15, 0.2) is 54.6 Å². The molecule has 1 unspecified atom stereocenters. The van der Waals surface area contributed by atoms with Gasteiger partial charge in [0.2, 0.25) is 0 Å². The Hall–Kier alpha value is -2.24. The quantitative estimate of drug-likeness (QED) is 0.645. The number of ketones is 1. The van der Waals surface area contributed by atoms with Gasteiger partial charge in [-0.3, -0.25) is 4.79 Å². The lowest BCUT2D eigenvalue weighted by atomic mass is 10.0. The van der Waals surface area contributed by atoms with E-state index in [1.807, 2.05) is 48.5 Å². The van der Waals surface area contributed by atoms with Gasteiger partial charge in [0.15, 0.2) is 10.9 Å². The predicted octanol–water partition coefficient (Wildman–Crippen LogP) is 3.38. The summed E-state index contributed by atoms with van der Waals surface area (Å²) < 4.78 is 5.57. The summed E-state index contributed by atoms with van der Waals surface area (Å²) >= 11 is 5.34. The van der Waals surface area contributed by atoms with E-state index in [0.29, 0.717) is 28.5 Å². The molecule has 0 saturated carbocycles. The Morgan fingerprint density at radius 3 is 2.62 bits per heavy atom. The lowest BCUT2D eigenvalue weighted by Crippen LogP contribution is -2.35. The fourth-order valence-electron chi connectivity index (χ4n) is 2.71. The minimum atomic E-state index is -0.0272. The fourth-order valence-corrected chi connectivity index (χ4v) is 2.91. The molecule has 1 aliphatic heterocycles. The average molecular weight is 340 g/mol. The second-order valence-corrected chi connectivity index (χ2v) is 6.12. The van der Waals surface area contributed by atoms with Gasteiger partial charge in [-0.2, -0.15) is 0 Å². The Morgan fingerprint density at radius 1 is 1.12 bits per heavy atom. The van der Waals surface area contributed by atoms with E-state index in [9.17, 15) is 4.79 Å². The molecule has 2 N–H and O–H groups in total. The highest BCUT2D eigenvalue weighted by molar-refractivity contribution is 7.80. The van der Waals surface area contributed by atoms with Crippen LogP contribution in [-0.2, 0) is 4.74 Å². The first kappa shape index (κ1) is 16.6. The predicted molar refractivity (Wildman–Crippen MR) is 99.5 cm³/mol. The SMILES string of the molecule is O=C(c1ccccc1)c1ccccc1NC(=S)NCC1CCCO1. The number of nitrogens with one attached hydrogen (secondary N) is 2. The zero-order chi connectivity index (χ0) is 16.8. The van der Waals surface area contributed by atoms with E-state index >= 15 is 0 Å². The molecule has 0 aromatic heterocycles. The van der Waals surface area contributed by atoms with Crippen molar-refractivity contribution in [2.24, 2.45) is 0 Å². The molecule has 5 heteroatoms. The molecular weight excluding hydrogens is 320 g/mol. The normalized spacial score (nSPS) is 16.6. The number of carbonyl (C=O) groups is 1. The number of hydrogen-bond donors (Lipinski definition) is 2. The van der Waals surface area contributed by atoms with Crippen molar-refractivity contribution in [2.75, 3.05) is 18.5 Å². The van der Waals surface area contributed by atoms with Crippen molar-refractivity contribution in [1.82, 2.24) is 5.32 Å². The van der Waals surface area contributed by atoms with Gasteiger partial charge in [-0.05, 0) is 37.2 Å². The van der Waals surface area contributed by atoms with Crippen molar-refractivity contribution in [3.8, 4) is 0 Å².